The number of hydrogen-bond acceptors (Lipinski definition) is 5. The molecule has 1 aromatic rings. The normalized spacial score (nSPS) is 17.1. The van der Waals surface area contributed by atoms with Gasteiger partial charge in [0.15, 0.2) is 11.5 Å². The van der Waals surface area contributed by atoms with Gasteiger partial charge in [0.1, 0.15) is 12.2 Å². The maximum absolute atomic E-state index is 10.0. The molecule has 1 atom stereocenters. The highest BCUT2D eigenvalue weighted by molar-refractivity contribution is 5.43. The van der Waals surface area contributed by atoms with Crippen molar-refractivity contribution in [3.05, 3.63) is 23.8 Å². The lowest BCUT2D eigenvalue weighted by atomic mass is 10.1. The van der Waals surface area contributed by atoms with Gasteiger partial charge in [0.2, 0.25) is 0 Å². The summed E-state index contributed by atoms with van der Waals surface area (Å²) in [7, 11) is 3.14. The summed E-state index contributed by atoms with van der Waals surface area (Å²) in [4.78, 5) is 0. The number of ether oxygens (including phenoxy) is 4. The molecule has 1 aliphatic heterocycles. The monoisotopic (exact) mass is 254 g/mol. The van der Waals surface area contributed by atoms with Crippen LogP contribution in [-0.2, 0) is 9.47 Å². The van der Waals surface area contributed by atoms with E-state index in [9.17, 15) is 5.11 Å². The van der Waals surface area contributed by atoms with Crippen LogP contribution in [0.1, 0.15) is 11.7 Å². The molecule has 0 spiro atoms. The van der Waals surface area contributed by atoms with Gasteiger partial charge >= 0.3 is 0 Å². The number of hydrogen-bond donors (Lipinski definition) is 1. The van der Waals surface area contributed by atoms with Gasteiger partial charge in [0, 0.05) is 0 Å². The first-order valence-corrected chi connectivity index (χ1v) is 5.84. The van der Waals surface area contributed by atoms with Crippen LogP contribution in [0.15, 0.2) is 18.2 Å². The molecule has 100 valence electrons. The molecule has 5 nitrogen and oxygen atoms in total. The van der Waals surface area contributed by atoms with E-state index in [1.165, 1.54) is 0 Å². The van der Waals surface area contributed by atoms with Crippen molar-refractivity contribution in [1.82, 2.24) is 0 Å². The molecule has 1 aliphatic rings. The fraction of sp³-hybridized carbons (Fsp3) is 0.538. The number of aliphatic hydroxyl groups excluding tert-OH is 1. The van der Waals surface area contributed by atoms with Gasteiger partial charge in [-0.1, -0.05) is 6.07 Å². The molecule has 0 radical (unpaired) electrons. The zero-order valence-corrected chi connectivity index (χ0v) is 10.6. The van der Waals surface area contributed by atoms with Crippen molar-refractivity contribution < 1.29 is 24.1 Å². The number of methoxy groups -OCH3 is 2. The smallest absolute Gasteiger partial charge is 0.161 e. The van der Waals surface area contributed by atoms with E-state index in [1.54, 1.807) is 32.4 Å². The molecular formula is C13H18O5. The Morgan fingerprint density at radius 2 is 2.00 bits per heavy atom. The first-order valence-electron chi connectivity index (χ1n) is 5.84. The predicted molar refractivity (Wildman–Crippen MR) is 65.1 cm³/mol. The molecule has 0 aliphatic carbocycles. The molecule has 0 bridgehead atoms. The highest BCUT2D eigenvalue weighted by Crippen LogP contribution is 2.30. The summed E-state index contributed by atoms with van der Waals surface area (Å²) in [5.74, 6) is 1.24. The standard InChI is InChI=1S/C13H18O5/c1-15-12-4-3-9(5-13(12)16-2)11(14)8-18-10-6-17-7-10/h3-5,10-11,14H,6-8H2,1-2H3. The average Bonchev–Trinajstić information content (AvgIpc) is 2.35. The first-order chi connectivity index (χ1) is 8.74. The summed E-state index contributed by atoms with van der Waals surface area (Å²) in [6.07, 6.45) is -0.565. The second kappa shape index (κ2) is 6.04. The Labute approximate surface area is 106 Å². The van der Waals surface area contributed by atoms with E-state index in [2.05, 4.69) is 0 Å². The molecule has 0 amide bonds. The maximum atomic E-state index is 10.0. The number of rotatable bonds is 6. The molecule has 0 saturated carbocycles. The minimum absolute atomic E-state index is 0.111. The van der Waals surface area contributed by atoms with E-state index in [4.69, 9.17) is 18.9 Å². The van der Waals surface area contributed by atoms with Crippen LogP contribution in [0.4, 0.5) is 0 Å². The van der Waals surface area contributed by atoms with E-state index in [1.807, 2.05) is 0 Å². The maximum Gasteiger partial charge on any atom is 0.161 e. The molecular weight excluding hydrogens is 236 g/mol. The van der Waals surface area contributed by atoms with Crippen molar-refractivity contribution in [1.29, 1.82) is 0 Å². The van der Waals surface area contributed by atoms with Crippen molar-refractivity contribution in [2.45, 2.75) is 12.2 Å². The first kappa shape index (κ1) is 13.1. The summed E-state index contributed by atoms with van der Waals surface area (Å²) < 4.78 is 20.8. The molecule has 1 heterocycles. The number of aliphatic hydroxyl groups is 1. The molecule has 1 aromatic carbocycles. The molecule has 1 N–H and O–H groups in total. The number of benzene rings is 1. The minimum Gasteiger partial charge on any atom is -0.493 e. The van der Waals surface area contributed by atoms with E-state index >= 15 is 0 Å². The van der Waals surface area contributed by atoms with E-state index in [-0.39, 0.29) is 12.7 Å². The topological polar surface area (TPSA) is 57.2 Å². The van der Waals surface area contributed by atoms with Gasteiger partial charge in [0.25, 0.3) is 0 Å². The molecule has 0 aromatic heterocycles. The van der Waals surface area contributed by atoms with Crippen molar-refractivity contribution in [3.63, 3.8) is 0 Å². The molecule has 2 rings (SSSR count). The van der Waals surface area contributed by atoms with E-state index in [0.29, 0.717) is 24.7 Å². The van der Waals surface area contributed by atoms with Gasteiger partial charge in [-0.2, -0.15) is 0 Å². The lowest BCUT2D eigenvalue weighted by Crippen LogP contribution is -2.37. The summed E-state index contributed by atoms with van der Waals surface area (Å²) in [5.41, 5.74) is 0.743. The Bertz CT molecular complexity index is 389. The fourth-order valence-electron chi connectivity index (χ4n) is 1.69. The molecule has 18 heavy (non-hydrogen) atoms. The van der Waals surface area contributed by atoms with Crippen molar-refractivity contribution in [2.75, 3.05) is 34.0 Å². The van der Waals surface area contributed by atoms with Crippen LogP contribution in [0.3, 0.4) is 0 Å². The van der Waals surface area contributed by atoms with Gasteiger partial charge in [-0.15, -0.1) is 0 Å². The Hall–Kier alpha value is -1.30. The summed E-state index contributed by atoms with van der Waals surface area (Å²) in [6.45, 7) is 1.47. The third-order valence-electron chi connectivity index (χ3n) is 2.89. The Balaban J connectivity index is 1.97. The van der Waals surface area contributed by atoms with Gasteiger partial charge in [-0.25, -0.2) is 0 Å². The van der Waals surface area contributed by atoms with Crippen molar-refractivity contribution in [3.8, 4) is 11.5 Å². The summed E-state index contributed by atoms with van der Waals surface area (Å²) in [5, 5.41) is 10.0. The Morgan fingerprint density at radius 1 is 1.28 bits per heavy atom. The van der Waals surface area contributed by atoms with Crippen LogP contribution in [0.5, 0.6) is 11.5 Å². The summed E-state index contributed by atoms with van der Waals surface area (Å²) >= 11 is 0. The van der Waals surface area contributed by atoms with Crippen molar-refractivity contribution >= 4 is 0 Å². The third-order valence-corrected chi connectivity index (χ3v) is 2.89. The minimum atomic E-state index is -0.676. The van der Waals surface area contributed by atoms with Crippen LogP contribution in [0.2, 0.25) is 0 Å². The second-order valence-corrected chi connectivity index (χ2v) is 4.12. The predicted octanol–water partition coefficient (Wildman–Crippen LogP) is 1.15. The quantitative estimate of drug-likeness (QED) is 0.825. The van der Waals surface area contributed by atoms with Crippen LogP contribution in [-0.4, -0.2) is 45.3 Å². The van der Waals surface area contributed by atoms with Gasteiger partial charge in [-0.05, 0) is 17.7 Å². The largest absolute Gasteiger partial charge is 0.493 e. The third kappa shape index (κ3) is 2.93. The second-order valence-electron chi connectivity index (χ2n) is 4.12. The van der Waals surface area contributed by atoms with Crippen LogP contribution < -0.4 is 9.47 Å². The Kier molecular flexibility index (Phi) is 4.41. The molecule has 1 fully saturated rings. The Morgan fingerprint density at radius 3 is 2.56 bits per heavy atom. The van der Waals surface area contributed by atoms with Gasteiger partial charge in [-0.3, -0.25) is 0 Å². The molecule has 1 unspecified atom stereocenters. The van der Waals surface area contributed by atoms with E-state index in [0.717, 1.165) is 5.56 Å². The van der Waals surface area contributed by atoms with Crippen LogP contribution in [0.25, 0.3) is 0 Å². The SMILES string of the molecule is COc1ccc(C(O)COC2COC2)cc1OC. The molecule has 5 heteroatoms. The zero-order valence-electron chi connectivity index (χ0n) is 10.6. The van der Waals surface area contributed by atoms with Crippen LogP contribution >= 0.6 is 0 Å². The molecule has 1 saturated heterocycles. The highest BCUT2D eigenvalue weighted by atomic mass is 16.6. The lowest BCUT2D eigenvalue weighted by molar-refractivity contribution is -0.143. The van der Waals surface area contributed by atoms with Crippen LogP contribution in [0, 0.1) is 0 Å². The van der Waals surface area contributed by atoms with E-state index < -0.39 is 6.10 Å². The van der Waals surface area contributed by atoms with Crippen molar-refractivity contribution in [2.24, 2.45) is 0 Å². The lowest BCUT2D eigenvalue weighted by Gasteiger charge is -2.27. The van der Waals surface area contributed by atoms with Gasteiger partial charge < -0.3 is 24.1 Å². The summed E-state index contributed by atoms with van der Waals surface area (Å²) in [6, 6.07) is 5.32. The average molecular weight is 254 g/mol. The van der Waals surface area contributed by atoms with Gasteiger partial charge in [0.05, 0.1) is 34.0 Å². The fourth-order valence-corrected chi connectivity index (χ4v) is 1.69. The highest BCUT2D eigenvalue weighted by Gasteiger charge is 2.21. The zero-order chi connectivity index (χ0) is 13.0.